The number of benzene rings is 1. The number of aryl methyl sites for hydroxylation is 2. The van der Waals surface area contributed by atoms with E-state index in [0.717, 1.165) is 0 Å². The van der Waals surface area contributed by atoms with Crippen LogP contribution < -0.4 is 10.1 Å². The summed E-state index contributed by atoms with van der Waals surface area (Å²) in [6.45, 7) is 2.59. The van der Waals surface area contributed by atoms with Crippen LogP contribution in [0.2, 0.25) is 10.2 Å². The monoisotopic (exact) mass is 452 g/mol. The summed E-state index contributed by atoms with van der Waals surface area (Å²) < 4.78 is 8.40. The Balaban J connectivity index is 1.48. The van der Waals surface area contributed by atoms with E-state index < -0.39 is 4.92 Å². The second-order valence-electron chi connectivity index (χ2n) is 6.26. The summed E-state index contributed by atoms with van der Waals surface area (Å²) in [4.78, 5) is 22.7. The predicted octanol–water partition coefficient (Wildman–Crippen LogP) is 3.46. The second-order valence-corrected chi connectivity index (χ2v) is 7.00. The molecule has 3 aromatic rings. The number of nitrogens with one attached hydrogen (secondary N) is 1. The van der Waals surface area contributed by atoms with Crippen LogP contribution in [0.3, 0.4) is 0 Å². The van der Waals surface area contributed by atoms with Crippen molar-refractivity contribution in [3.8, 4) is 5.75 Å². The number of hydrogen-bond acceptors (Lipinski definition) is 6. The van der Waals surface area contributed by atoms with E-state index in [-0.39, 0.29) is 29.8 Å². The standard InChI is InChI=1S/C18H18Cl2N6O4/c1-12-16(19)17(20)25(22-12)9-4-8-21-18(27)13-7-10-24(23-13)11-30-15-6-3-2-5-14(15)26(28)29/h2-3,5-7,10H,4,8-9,11H2,1H3,(H,21,27). The van der Waals surface area contributed by atoms with Gasteiger partial charge in [0.25, 0.3) is 5.91 Å². The highest BCUT2D eigenvalue weighted by molar-refractivity contribution is 6.41. The van der Waals surface area contributed by atoms with Gasteiger partial charge in [-0.1, -0.05) is 35.3 Å². The first-order valence-corrected chi connectivity index (χ1v) is 9.68. The molecule has 0 aliphatic heterocycles. The van der Waals surface area contributed by atoms with Crippen molar-refractivity contribution in [2.45, 2.75) is 26.6 Å². The first-order chi connectivity index (χ1) is 14.4. The molecule has 0 unspecified atom stereocenters. The molecule has 30 heavy (non-hydrogen) atoms. The Morgan fingerprint density at radius 3 is 2.73 bits per heavy atom. The summed E-state index contributed by atoms with van der Waals surface area (Å²) in [5.41, 5.74) is 0.716. The van der Waals surface area contributed by atoms with Gasteiger partial charge in [-0.15, -0.1) is 0 Å². The van der Waals surface area contributed by atoms with Crippen LogP contribution in [-0.4, -0.2) is 36.9 Å². The zero-order valence-electron chi connectivity index (χ0n) is 15.9. The molecule has 0 radical (unpaired) electrons. The van der Waals surface area contributed by atoms with Gasteiger partial charge in [0.1, 0.15) is 15.9 Å². The zero-order valence-corrected chi connectivity index (χ0v) is 17.4. The summed E-state index contributed by atoms with van der Waals surface area (Å²) in [7, 11) is 0. The Morgan fingerprint density at radius 2 is 2.03 bits per heavy atom. The Morgan fingerprint density at radius 1 is 1.27 bits per heavy atom. The van der Waals surface area contributed by atoms with Gasteiger partial charge in [-0.2, -0.15) is 10.2 Å². The minimum Gasteiger partial charge on any atom is -0.464 e. The maximum absolute atomic E-state index is 12.2. The van der Waals surface area contributed by atoms with Gasteiger partial charge < -0.3 is 10.1 Å². The highest BCUT2D eigenvalue weighted by Gasteiger charge is 2.15. The third kappa shape index (κ3) is 5.08. The Labute approximate surface area is 181 Å². The van der Waals surface area contributed by atoms with Crippen LogP contribution in [0.5, 0.6) is 5.75 Å². The molecular weight excluding hydrogens is 435 g/mol. The zero-order chi connectivity index (χ0) is 21.7. The molecule has 1 amide bonds. The lowest BCUT2D eigenvalue weighted by atomic mass is 10.3. The van der Waals surface area contributed by atoms with Crippen molar-refractivity contribution in [2.24, 2.45) is 0 Å². The van der Waals surface area contributed by atoms with E-state index in [1.165, 1.54) is 22.9 Å². The molecule has 1 aromatic carbocycles. The van der Waals surface area contributed by atoms with Gasteiger partial charge in [-0.25, -0.2) is 4.68 Å². The fourth-order valence-corrected chi connectivity index (χ4v) is 3.02. The second kappa shape index (κ2) is 9.59. The summed E-state index contributed by atoms with van der Waals surface area (Å²) in [5, 5.41) is 22.9. The molecule has 158 valence electrons. The maximum Gasteiger partial charge on any atom is 0.311 e. The summed E-state index contributed by atoms with van der Waals surface area (Å²) in [5.74, 6) is -0.225. The van der Waals surface area contributed by atoms with Crippen molar-refractivity contribution >= 4 is 34.8 Å². The lowest BCUT2D eigenvalue weighted by molar-refractivity contribution is -0.386. The fourth-order valence-electron chi connectivity index (χ4n) is 2.62. The Kier molecular flexibility index (Phi) is 6.91. The fraction of sp³-hybridized carbons (Fsp3) is 0.278. The smallest absolute Gasteiger partial charge is 0.311 e. The molecule has 0 spiro atoms. The van der Waals surface area contributed by atoms with Crippen LogP contribution >= 0.6 is 23.2 Å². The van der Waals surface area contributed by atoms with E-state index in [2.05, 4.69) is 15.5 Å². The number of carbonyl (C=O) groups is 1. The summed E-state index contributed by atoms with van der Waals surface area (Å²) in [6.07, 6.45) is 2.16. The van der Waals surface area contributed by atoms with E-state index in [0.29, 0.717) is 35.4 Å². The number of nitrogens with zero attached hydrogens (tertiary/aromatic N) is 5. The third-order valence-electron chi connectivity index (χ3n) is 4.12. The molecule has 0 bridgehead atoms. The van der Waals surface area contributed by atoms with Gasteiger partial charge in [0, 0.05) is 25.4 Å². The van der Waals surface area contributed by atoms with E-state index >= 15 is 0 Å². The van der Waals surface area contributed by atoms with Crippen molar-refractivity contribution in [1.82, 2.24) is 24.9 Å². The minimum absolute atomic E-state index is 0.0734. The van der Waals surface area contributed by atoms with Crippen molar-refractivity contribution in [2.75, 3.05) is 6.54 Å². The SMILES string of the molecule is Cc1nn(CCCNC(=O)c2ccn(COc3ccccc3[N+](=O)[O-])n2)c(Cl)c1Cl. The van der Waals surface area contributed by atoms with Crippen molar-refractivity contribution in [3.63, 3.8) is 0 Å². The molecule has 0 fully saturated rings. The third-order valence-corrected chi connectivity index (χ3v) is 5.05. The van der Waals surface area contributed by atoms with Crippen LogP contribution in [0, 0.1) is 17.0 Å². The van der Waals surface area contributed by atoms with Crippen LogP contribution in [0.15, 0.2) is 36.5 Å². The molecule has 2 heterocycles. The average molecular weight is 453 g/mol. The molecule has 10 nitrogen and oxygen atoms in total. The predicted molar refractivity (Wildman–Crippen MR) is 110 cm³/mol. The number of carbonyl (C=O) groups excluding carboxylic acids is 1. The molecule has 3 rings (SSSR count). The van der Waals surface area contributed by atoms with Crippen LogP contribution in [0.4, 0.5) is 5.69 Å². The number of nitro groups is 1. The lowest BCUT2D eigenvalue weighted by Gasteiger charge is -2.07. The lowest BCUT2D eigenvalue weighted by Crippen LogP contribution is -2.26. The number of nitro benzene ring substituents is 1. The number of para-hydroxylation sites is 2. The number of rotatable bonds is 9. The molecule has 0 saturated heterocycles. The van der Waals surface area contributed by atoms with Crippen molar-refractivity contribution in [3.05, 3.63) is 68.2 Å². The molecule has 0 atom stereocenters. The number of ether oxygens (including phenoxy) is 1. The average Bonchev–Trinajstić information content (AvgIpc) is 3.30. The van der Waals surface area contributed by atoms with Crippen molar-refractivity contribution in [1.29, 1.82) is 0 Å². The largest absolute Gasteiger partial charge is 0.464 e. The number of aromatic nitrogens is 4. The van der Waals surface area contributed by atoms with Gasteiger partial charge in [-0.3, -0.25) is 19.6 Å². The molecule has 1 N–H and O–H groups in total. The first-order valence-electron chi connectivity index (χ1n) is 8.93. The summed E-state index contributed by atoms with van der Waals surface area (Å²) >= 11 is 12.1. The number of halogens is 2. The number of hydrogen-bond donors (Lipinski definition) is 1. The molecule has 0 aliphatic carbocycles. The molecule has 0 aliphatic rings. The van der Waals surface area contributed by atoms with E-state index in [9.17, 15) is 14.9 Å². The quantitative estimate of drug-likeness (QED) is 0.301. The van der Waals surface area contributed by atoms with E-state index in [4.69, 9.17) is 27.9 Å². The van der Waals surface area contributed by atoms with Gasteiger partial charge >= 0.3 is 5.69 Å². The van der Waals surface area contributed by atoms with Crippen LogP contribution in [0.25, 0.3) is 0 Å². The molecule has 0 saturated carbocycles. The highest BCUT2D eigenvalue weighted by atomic mass is 35.5. The molecule has 2 aromatic heterocycles. The summed E-state index contributed by atoms with van der Waals surface area (Å²) in [6, 6.07) is 7.57. The van der Waals surface area contributed by atoms with Crippen LogP contribution in [0.1, 0.15) is 22.6 Å². The maximum atomic E-state index is 12.2. The van der Waals surface area contributed by atoms with Gasteiger partial charge in [0.05, 0.1) is 10.6 Å². The van der Waals surface area contributed by atoms with Gasteiger partial charge in [-0.05, 0) is 25.5 Å². The first kappa shape index (κ1) is 21.6. The van der Waals surface area contributed by atoms with Gasteiger partial charge in [0.15, 0.2) is 12.5 Å². The van der Waals surface area contributed by atoms with E-state index in [1.807, 2.05) is 0 Å². The van der Waals surface area contributed by atoms with E-state index in [1.54, 1.807) is 29.9 Å². The Bertz CT molecular complexity index is 1060. The minimum atomic E-state index is -0.525. The van der Waals surface area contributed by atoms with Crippen molar-refractivity contribution < 1.29 is 14.5 Å². The highest BCUT2D eigenvalue weighted by Crippen LogP contribution is 2.26. The normalized spacial score (nSPS) is 10.8. The molecule has 12 heteroatoms. The van der Waals surface area contributed by atoms with Crippen LogP contribution in [-0.2, 0) is 13.3 Å². The molecular formula is C18H18Cl2N6O4. The Hall–Kier alpha value is -3.11. The number of amides is 1. The van der Waals surface area contributed by atoms with Gasteiger partial charge in [0.2, 0.25) is 0 Å². The topological polar surface area (TPSA) is 117 Å².